The minimum Gasteiger partial charge on any atom is -0.496 e. The van der Waals surface area contributed by atoms with Crippen LogP contribution in [0.2, 0.25) is 0 Å². The number of aromatic nitrogens is 2. The van der Waals surface area contributed by atoms with Crippen LogP contribution >= 0.6 is 11.8 Å². The monoisotopic (exact) mass is 397 g/mol. The van der Waals surface area contributed by atoms with Crippen molar-refractivity contribution in [3.8, 4) is 17.2 Å². The van der Waals surface area contributed by atoms with E-state index < -0.39 is 0 Å². The van der Waals surface area contributed by atoms with Crippen molar-refractivity contribution in [2.24, 2.45) is 0 Å². The molecule has 3 aromatic rings. The molecule has 146 valence electrons. The van der Waals surface area contributed by atoms with E-state index in [2.05, 4.69) is 46.7 Å². The Labute approximate surface area is 168 Å². The summed E-state index contributed by atoms with van der Waals surface area (Å²) in [6, 6.07) is 15.6. The van der Waals surface area contributed by atoms with Gasteiger partial charge in [0.2, 0.25) is 5.91 Å². The van der Waals surface area contributed by atoms with Crippen LogP contribution in [-0.2, 0) is 11.2 Å². The average molecular weight is 398 g/mol. The molecule has 1 heterocycles. The van der Waals surface area contributed by atoms with Crippen molar-refractivity contribution < 1.29 is 13.9 Å². The fourth-order valence-electron chi connectivity index (χ4n) is 2.73. The molecule has 0 aliphatic carbocycles. The second kappa shape index (κ2) is 9.41. The standard InChI is InChI=1S/C21H23N3O3S/c1-4-15-9-11-16(12-10-15)14(2)22-19(25)13-28-21-24-23-20(27-21)17-7-5-6-8-18(17)26-3/h5-12,14H,4,13H2,1-3H3,(H,22,25). The third-order valence-electron chi connectivity index (χ3n) is 4.34. The Morgan fingerprint density at radius 2 is 1.93 bits per heavy atom. The molecule has 1 atom stereocenters. The van der Waals surface area contributed by atoms with Gasteiger partial charge in [0.05, 0.1) is 24.5 Å². The predicted octanol–water partition coefficient (Wildman–Crippen LogP) is 4.28. The summed E-state index contributed by atoms with van der Waals surface area (Å²) in [5, 5.41) is 11.4. The first-order valence-electron chi connectivity index (χ1n) is 9.08. The molecule has 28 heavy (non-hydrogen) atoms. The number of hydrogen-bond acceptors (Lipinski definition) is 6. The number of nitrogens with zero attached hydrogens (tertiary/aromatic N) is 2. The summed E-state index contributed by atoms with van der Waals surface area (Å²) in [5.74, 6) is 1.13. The molecule has 6 nitrogen and oxygen atoms in total. The number of para-hydroxylation sites is 1. The average Bonchev–Trinajstić information content (AvgIpc) is 3.21. The molecule has 1 aromatic heterocycles. The third kappa shape index (κ3) is 4.92. The lowest BCUT2D eigenvalue weighted by atomic mass is 10.1. The molecule has 1 N–H and O–H groups in total. The van der Waals surface area contributed by atoms with E-state index in [0.29, 0.717) is 16.9 Å². The van der Waals surface area contributed by atoms with Crippen molar-refractivity contribution in [2.75, 3.05) is 12.9 Å². The minimum atomic E-state index is -0.0888. The molecule has 0 spiro atoms. The Morgan fingerprint density at radius 1 is 1.18 bits per heavy atom. The number of aryl methyl sites for hydroxylation is 1. The highest BCUT2D eigenvalue weighted by atomic mass is 32.2. The highest BCUT2D eigenvalue weighted by molar-refractivity contribution is 7.99. The van der Waals surface area contributed by atoms with Crippen molar-refractivity contribution in [2.45, 2.75) is 31.5 Å². The van der Waals surface area contributed by atoms with Crippen molar-refractivity contribution in [1.82, 2.24) is 15.5 Å². The zero-order chi connectivity index (χ0) is 19.9. The van der Waals surface area contributed by atoms with Gasteiger partial charge >= 0.3 is 0 Å². The summed E-state index contributed by atoms with van der Waals surface area (Å²) in [7, 11) is 1.59. The molecule has 0 fully saturated rings. The van der Waals surface area contributed by atoms with Crippen LogP contribution in [0, 0.1) is 0 Å². The minimum absolute atomic E-state index is 0.0640. The van der Waals surface area contributed by atoms with Crippen LogP contribution in [0.1, 0.15) is 31.0 Å². The van der Waals surface area contributed by atoms with E-state index in [1.807, 2.05) is 31.2 Å². The quantitative estimate of drug-likeness (QED) is 0.572. The van der Waals surface area contributed by atoms with Gasteiger partial charge in [-0.1, -0.05) is 55.1 Å². The highest BCUT2D eigenvalue weighted by Gasteiger charge is 2.15. The normalized spacial score (nSPS) is 11.8. The summed E-state index contributed by atoms with van der Waals surface area (Å²) in [6.07, 6.45) is 0.999. The Bertz CT molecular complexity index is 925. The first-order chi connectivity index (χ1) is 13.6. The number of benzene rings is 2. The van der Waals surface area contributed by atoms with E-state index in [0.717, 1.165) is 17.5 Å². The SMILES string of the molecule is CCc1ccc(C(C)NC(=O)CSc2nnc(-c3ccccc3OC)o2)cc1. The van der Waals surface area contributed by atoms with E-state index in [-0.39, 0.29) is 17.7 Å². The number of hydrogen-bond donors (Lipinski definition) is 1. The number of carbonyl (C=O) groups excluding carboxylic acids is 1. The van der Waals surface area contributed by atoms with Crippen molar-refractivity contribution >= 4 is 17.7 Å². The van der Waals surface area contributed by atoms with Gasteiger partial charge in [-0.2, -0.15) is 0 Å². The summed E-state index contributed by atoms with van der Waals surface area (Å²) < 4.78 is 11.0. The molecule has 0 aliphatic heterocycles. The maximum atomic E-state index is 12.3. The van der Waals surface area contributed by atoms with E-state index in [1.165, 1.54) is 17.3 Å². The van der Waals surface area contributed by atoms with Gasteiger partial charge in [-0.3, -0.25) is 4.79 Å². The van der Waals surface area contributed by atoms with Crippen LogP contribution in [0.15, 0.2) is 58.2 Å². The van der Waals surface area contributed by atoms with Gasteiger partial charge in [0.1, 0.15) is 5.75 Å². The second-order valence-electron chi connectivity index (χ2n) is 6.25. The zero-order valence-corrected chi connectivity index (χ0v) is 17.0. The maximum Gasteiger partial charge on any atom is 0.277 e. The summed E-state index contributed by atoms with van der Waals surface area (Å²) in [4.78, 5) is 12.3. The van der Waals surface area contributed by atoms with E-state index in [1.54, 1.807) is 7.11 Å². The van der Waals surface area contributed by atoms with Crippen molar-refractivity contribution in [3.05, 3.63) is 59.7 Å². The fraction of sp³-hybridized carbons (Fsp3) is 0.286. The first-order valence-corrected chi connectivity index (χ1v) is 10.1. The largest absolute Gasteiger partial charge is 0.496 e. The van der Waals surface area contributed by atoms with Crippen LogP contribution in [0.25, 0.3) is 11.5 Å². The zero-order valence-electron chi connectivity index (χ0n) is 16.1. The number of thioether (sulfide) groups is 1. The highest BCUT2D eigenvalue weighted by Crippen LogP contribution is 2.30. The van der Waals surface area contributed by atoms with Crippen molar-refractivity contribution in [1.29, 1.82) is 0 Å². The van der Waals surface area contributed by atoms with Crippen LogP contribution in [0.5, 0.6) is 5.75 Å². The third-order valence-corrected chi connectivity index (χ3v) is 5.15. The molecule has 0 bridgehead atoms. The Kier molecular flexibility index (Phi) is 6.71. The van der Waals surface area contributed by atoms with Crippen LogP contribution in [0.3, 0.4) is 0 Å². The smallest absolute Gasteiger partial charge is 0.277 e. The Balaban J connectivity index is 1.55. The lowest BCUT2D eigenvalue weighted by Gasteiger charge is -2.14. The number of amides is 1. The van der Waals surface area contributed by atoms with Gasteiger partial charge in [-0.25, -0.2) is 0 Å². The predicted molar refractivity (Wildman–Crippen MR) is 109 cm³/mol. The second-order valence-corrected chi connectivity index (χ2v) is 7.17. The molecule has 7 heteroatoms. The molecule has 1 amide bonds. The van der Waals surface area contributed by atoms with Gasteiger partial charge in [0.25, 0.3) is 11.1 Å². The summed E-state index contributed by atoms with van der Waals surface area (Å²) in [6.45, 7) is 4.09. The van der Waals surface area contributed by atoms with Crippen LogP contribution in [0.4, 0.5) is 0 Å². The van der Waals surface area contributed by atoms with E-state index in [4.69, 9.17) is 9.15 Å². The lowest BCUT2D eigenvalue weighted by Crippen LogP contribution is -2.28. The maximum absolute atomic E-state index is 12.3. The van der Waals surface area contributed by atoms with E-state index in [9.17, 15) is 4.79 Å². The van der Waals surface area contributed by atoms with Gasteiger partial charge in [-0.15, -0.1) is 10.2 Å². The molecule has 0 saturated carbocycles. The first kappa shape index (κ1) is 19.9. The van der Waals surface area contributed by atoms with Gasteiger partial charge < -0.3 is 14.5 Å². The Hall–Kier alpha value is -2.80. The number of methoxy groups -OCH3 is 1. The molecule has 0 radical (unpaired) electrons. The van der Waals surface area contributed by atoms with Gasteiger partial charge in [-0.05, 0) is 36.6 Å². The fourth-order valence-corrected chi connectivity index (χ4v) is 3.31. The number of nitrogens with one attached hydrogen (secondary N) is 1. The number of rotatable bonds is 8. The molecule has 0 saturated heterocycles. The molecular formula is C21H23N3O3S. The number of ether oxygens (including phenoxy) is 1. The Morgan fingerprint density at radius 3 is 2.64 bits per heavy atom. The van der Waals surface area contributed by atoms with Crippen molar-refractivity contribution in [3.63, 3.8) is 0 Å². The van der Waals surface area contributed by atoms with Crippen LogP contribution < -0.4 is 10.1 Å². The molecule has 1 unspecified atom stereocenters. The summed E-state index contributed by atoms with van der Waals surface area (Å²) in [5.41, 5.74) is 3.07. The molecule has 2 aromatic carbocycles. The summed E-state index contributed by atoms with van der Waals surface area (Å²) >= 11 is 1.21. The molecule has 3 rings (SSSR count). The van der Waals surface area contributed by atoms with Gasteiger partial charge in [0, 0.05) is 0 Å². The molecule has 0 aliphatic rings. The van der Waals surface area contributed by atoms with Gasteiger partial charge in [0.15, 0.2) is 0 Å². The topological polar surface area (TPSA) is 77.2 Å². The molecular weight excluding hydrogens is 374 g/mol. The lowest BCUT2D eigenvalue weighted by molar-refractivity contribution is -0.119. The number of carbonyl (C=O) groups is 1. The van der Waals surface area contributed by atoms with Crippen LogP contribution in [-0.4, -0.2) is 29.0 Å². The van der Waals surface area contributed by atoms with E-state index >= 15 is 0 Å².